The summed E-state index contributed by atoms with van der Waals surface area (Å²) in [4.78, 5) is 0.283. The molecule has 5 nitrogen and oxygen atoms in total. The molecule has 0 fully saturated rings. The van der Waals surface area contributed by atoms with E-state index in [0.717, 1.165) is 22.1 Å². The molecule has 5 rings (SSSR count). The molecule has 1 aliphatic rings. The fourth-order valence-electron chi connectivity index (χ4n) is 4.48. The van der Waals surface area contributed by atoms with Gasteiger partial charge in [0.2, 0.25) is 0 Å². The predicted molar refractivity (Wildman–Crippen MR) is 130 cm³/mol. The van der Waals surface area contributed by atoms with E-state index >= 15 is 0 Å². The molecule has 0 amide bonds. The summed E-state index contributed by atoms with van der Waals surface area (Å²) in [5, 5.41) is 12.4. The summed E-state index contributed by atoms with van der Waals surface area (Å²) >= 11 is 0. The van der Waals surface area contributed by atoms with Crippen LogP contribution in [-0.2, 0) is 14.8 Å². The number of β-amino-alcohol motifs (C(OH)–C–C–N with tert-alkyl or cyclic N) is 1. The Morgan fingerprint density at radius 1 is 0.879 bits per heavy atom. The number of sulfonamides is 1. The summed E-state index contributed by atoms with van der Waals surface area (Å²) in [6.07, 6.45) is -1.36. The zero-order valence-corrected chi connectivity index (χ0v) is 19.1. The number of ether oxygens (including phenoxy) is 1. The lowest BCUT2D eigenvalue weighted by Gasteiger charge is -2.25. The van der Waals surface area contributed by atoms with E-state index in [1.165, 1.54) is 4.31 Å². The van der Waals surface area contributed by atoms with Crippen LogP contribution in [0.2, 0.25) is 0 Å². The minimum Gasteiger partial charge on any atom is -0.389 e. The van der Waals surface area contributed by atoms with Gasteiger partial charge in [-0.05, 0) is 41.1 Å². The second-order valence-corrected chi connectivity index (χ2v) is 10.1. The number of aryl methyl sites for hydroxylation is 1. The largest absolute Gasteiger partial charge is 0.389 e. The normalized spacial score (nSPS) is 16.1. The molecule has 0 unspecified atom stereocenters. The standard InChI is InChI=1S/C27H25NO4S/c1-19-9-5-6-14-23(19)27(21-10-3-2-4-11-21)32-18-22(29)17-28-24-15-7-12-20-13-8-16-25(26(20)24)33(28,30)31/h2-16,22,27,29H,17-18H2,1H3/t22-,27-/m1/s1. The number of hydrogen-bond acceptors (Lipinski definition) is 4. The maximum Gasteiger partial charge on any atom is 0.265 e. The third-order valence-electron chi connectivity index (χ3n) is 6.09. The highest BCUT2D eigenvalue weighted by Gasteiger charge is 2.36. The third-order valence-corrected chi connectivity index (χ3v) is 7.91. The first-order valence-electron chi connectivity index (χ1n) is 10.9. The Labute approximate surface area is 193 Å². The van der Waals surface area contributed by atoms with Crippen molar-refractivity contribution in [2.75, 3.05) is 17.5 Å². The summed E-state index contributed by atoms with van der Waals surface area (Å²) in [7, 11) is -3.73. The van der Waals surface area contributed by atoms with E-state index in [1.54, 1.807) is 18.2 Å². The van der Waals surface area contributed by atoms with Crippen molar-refractivity contribution in [2.24, 2.45) is 0 Å². The smallest absolute Gasteiger partial charge is 0.265 e. The highest BCUT2D eigenvalue weighted by Crippen LogP contribution is 2.42. The van der Waals surface area contributed by atoms with Crippen molar-refractivity contribution < 1.29 is 18.3 Å². The van der Waals surface area contributed by atoms with Gasteiger partial charge in [0.1, 0.15) is 6.10 Å². The number of nitrogens with zero attached hydrogens (tertiary/aromatic N) is 1. The summed E-state index contributed by atoms with van der Waals surface area (Å²) in [5.74, 6) is 0. The lowest BCUT2D eigenvalue weighted by atomic mass is 9.97. The SMILES string of the molecule is Cc1ccccc1[C@H](OC[C@H](O)CN1c2cccc3cccc(c23)S1(=O)=O)c1ccccc1. The van der Waals surface area contributed by atoms with E-state index in [9.17, 15) is 13.5 Å². The van der Waals surface area contributed by atoms with Crippen LogP contribution < -0.4 is 4.31 Å². The number of rotatable bonds is 7. The van der Waals surface area contributed by atoms with Gasteiger partial charge in [-0.25, -0.2) is 8.42 Å². The Morgan fingerprint density at radius 2 is 1.58 bits per heavy atom. The van der Waals surface area contributed by atoms with Crippen molar-refractivity contribution in [3.63, 3.8) is 0 Å². The van der Waals surface area contributed by atoms with Crippen LogP contribution in [0.4, 0.5) is 5.69 Å². The highest BCUT2D eigenvalue weighted by atomic mass is 32.2. The zero-order valence-electron chi connectivity index (χ0n) is 18.3. The van der Waals surface area contributed by atoms with E-state index < -0.39 is 16.1 Å². The summed E-state index contributed by atoms with van der Waals surface area (Å²) in [6.45, 7) is 1.94. The first-order chi connectivity index (χ1) is 16.0. The lowest BCUT2D eigenvalue weighted by Crippen LogP contribution is -2.37. The fourth-order valence-corrected chi connectivity index (χ4v) is 6.23. The van der Waals surface area contributed by atoms with Gasteiger partial charge in [0.15, 0.2) is 0 Å². The van der Waals surface area contributed by atoms with Crippen LogP contribution >= 0.6 is 0 Å². The molecule has 4 aromatic rings. The average Bonchev–Trinajstić information content (AvgIpc) is 3.04. The van der Waals surface area contributed by atoms with Gasteiger partial charge in [-0.2, -0.15) is 0 Å². The van der Waals surface area contributed by atoms with Gasteiger partial charge in [-0.3, -0.25) is 4.31 Å². The zero-order chi connectivity index (χ0) is 23.0. The van der Waals surface area contributed by atoms with Crippen molar-refractivity contribution in [3.8, 4) is 0 Å². The molecule has 0 saturated carbocycles. The van der Waals surface area contributed by atoms with Crippen LogP contribution in [0.15, 0.2) is 95.9 Å². The summed E-state index contributed by atoms with van der Waals surface area (Å²) in [6, 6.07) is 28.6. The van der Waals surface area contributed by atoms with Crippen LogP contribution in [0.3, 0.4) is 0 Å². The topological polar surface area (TPSA) is 66.8 Å². The quantitative estimate of drug-likeness (QED) is 0.430. The number of benzene rings is 4. The predicted octanol–water partition coefficient (Wildman–Crippen LogP) is 4.82. The molecule has 0 spiro atoms. The van der Waals surface area contributed by atoms with E-state index in [1.807, 2.05) is 79.7 Å². The van der Waals surface area contributed by atoms with Crippen LogP contribution in [0.25, 0.3) is 10.8 Å². The Bertz CT molecular complexity index is 1400. The molecule has 0 radical (unpaired) electrons. The van der Waals surface area contributed by atoms with Gasteiger partial charge in [0, 0.05) is 5.39 Å². The van der Waals surface area contributed by atoms with Gasteiger partial charge >= 0.3 is 0 Å². The minimum absolute atomic E-state index is 0.00770. The average molecular weight is 460 g/mol. The van der Waals surface area contributed by atoms with E-state index in [0.29, 0.717) is 11.1 Å². The highest BCUT2D eigenvalue weighted by molar-refractivity contribution is 7.93. The third kappa shape index (κ3) is 3.91. The molecule has 2 atom stereocenters. The van der Waals surface area contributed by atoms with E-state index in [4.69, 9.17) is 4.74 Å². The maximum absolute atomic E-state index is 13.2. The van der Waals surface area contributed by atoms with Crippen LogP contribution in [0.5, 0.6) is 0 Å². The molecule has 4 aromatic carbocycles. The van der Waals surface area contributed by atoms with Crippen LogP contribution in [0.1, 0.15) is 22.8 Å². The van der Waals surface area contributed by atoms with Gasteiger partial charge in [0.05, 0.1) is 29.8 Å². The van der Waals surface area contributed by atoms with Gasteiger partial charge in [0.25, 0.3) is 10.0 Å². The molecular formula is C27H25NO4S. The van der Waals surface area contributed by atoms with Gasteiger partial charge in [-0.1, -0.05) is 78.9 Å². The summed E-state index contributed by atoms with van der Waals surface area (Å²) < 4.78 is 33.9. The van der Waals surface area contributed by atoms with Crippen molar-refractivity contribution in [3.05, 3.63) is 108 Å². The molecule has 0 aliphatic carbocycles. The second kappa shape index (κ2) is 8.63. The first-order valence-corrected chi connectivity index (χ1v) is 12.4. The van der Waals surface area contributed by atoms with Crippen molar-refractivity contribution >= 4 is 26.5 Å². The molecule has 168 valence electrons. The minimum atomic E-state index is -3.73. The monoisotopic (exact) mass is 459 g/mol. The Hall–Kier alpha value is -3.19. The van der Waals surface area contributed by atoms with Crippen LogP contribution in [0, 0.1) is 6.92 Å². The summed E-state index contributed by atoms with van der Waals surface area (Å²) in [5.41, 5.74) is 3.68. The second-order valence-electron chi connectivity index (χ2n) is 8.30. The van der Waals surface area contributed by atoms with Crippen LogP contribution in [-0.4, -0.2) is 32.8 Å². The van der Waals surface area contributed by atoms with Gasteiger partial charge in [-0.15, -0.1) is 0 Å². The molecule has 1 aliphatic heterocycles. The molecule has 1 heterocycles. The molecule has 33 heavy (non-hydrogen) atoms. The Balaban J connectivity index is 1.38. The molecule has 1 N–H and O–H groups in total. The molecule has 0 bridgehead atoms. The van der Waals surface area contributed by atoms with Crippen molar-refractivity contribution in [1.82, 2.24) is 0 Å². The first kappa shape index (κ1) is 21.6. The van der Waals surface area contributed by atoms with E-state index in [-0.39, 0.29) is 24.2 Å². The number of anilines is 1. The van der Waals surface area contributed by atoms with Gasteiger partial charge < -0.3 is 9.84 Å². The number of hydrogen-bond donors (Lipinski definition) is 1. The molecule has 6 heteroatoms. The Kier molecular flexibility index (Phi) is 5.66. The number of aliphatic hydroxyl groups excluding tert-OH is 1. The maximum atomic E-state index is 13.2. The van der Waals surface area contributed by atoms with Crippen molar-refractivity contribution in [2.45, 2.75) is 24.0 Å². The lowest BCUT2D eigenvalue weighted by molar-refractivity contribution is 0.0101. The Morgan fingerprint density at radius 3 is 2.33 bits per heavy atom. The number of aliphatic hydroxyl groups is 1. The molecule has 0 aromatic heterocycles. The molecular weight excluding hydrogens is 434 g/mol. The molecule has 0 saturated heterocycles. The van der Waals surface area contributed by atoms with Crippen molar-refractivity contribution in [1.29, 1.82) is 0 Å². The fraction of sp³-hybridized carbons (Fsp3) is 0.185. The van der Waals surface area contributed by atoms with E-state index in [2.05, 4.69) is 0 Å².